The van der Waals surface area contributed by atoms with E-state index in [1.807, 2.05) is 24.3 Å². The quantitative estimate of drug-likeness (QED) is 0.336. The van der Waals surface area contributed by atoms with Gasteiger partial charge in [-0.25, -0.2) is 4.98 Å². The molecule has 0 amide bonds. The van der Waals surface area contributed by atoms with E-state index in [-0.39, 0.29) is 0 Å². The van der Waals surface area contributed by atoms with E-state index in [9.17, 15) is 0 Å². The van der Waals surface area contributed by atoms with Crippen LogP contribution in [0.4, 0.5) is 0 Å². The Morgan fingerprint density at radius 3 is 1.45 bits per heavy atom. The van der Waals surface area contributed by atoms with Crippen molar-refractivity contribution in [3.8, 4) is 39.6 Å². The third-order valence-corrected chi connectivity index (χ3v) is 5.02. The van der Waals surface area contributed by atoms with Gasteiger partial charge in [0.15, 0.2) is 0 Å². The van der Waals surface area contributed by atoms with E-state index in [4.69, 9.17) is 4.98 Å². The Balaban J connectivity index is 1.89. The zero-order valence-corrected chi connectivity index (χ0v) is 15.9. The molecule has 0 aliphatic rings. The van der Waals surface area contributed by atoms with Crippen molar-refractivity contribution in [3.05, 3.63) is 121 Å². The van der Waals surface area contributed by atoms with Gasteiger partial charge >= 0.3 is 0 Å². The number of hydrogen-bond acceptors (Lipinski definition) is 1. The van der Waals surface area contributed by atoms with E-state index in [2.05, 4.69) is 102 Å². The van der Waals surface area contributed by atoms with Crippen LogP contribution in [0.2, 0.25) is 0 Å². The second-order valence-electron chi connectivity index (χ2n) is 6.90. The molecular formula is C27H20N2. The highest BCUT2D eigenvalue weighted by Gasteiger charge is 2.21. The van der Waals surface area contributed by atoms with E-state index in [1.54, 1.807) is 0 Å². The highest BCUT2D eigenvalue weighted by Crippen LogP contribution is 2.38. The number of para-hydroxylation sites is 1. The lowest BCUT2D eigenvalue weighted by molar-refractivity contribution is 1.07. The van der Waals surface area contributed by atoms with Crippen LogP contribution < -0.4 is 0 Å². The van der Waals surface area contributed by atoms with Gasteiger partial charge in [0.25, 0.3) is 0 Å². The van der Waals surface area contributed by atoms with Crippen molar-refractivity contribution in [2.45, 2.75) is 0 Å². The van der Waals surface area contributed by atoms with E-state index in [1.165, 1.54) is 0 Å². The molecule has 0 saturated carbocycles. The second-order valence-corrected chi connectivity index (χ2v) is 6.90. The van der Waals surface area contributed by atoms with Crippen molar-refractivity contribution in [1.82, 2.24) is 9.55 Å². The number of nitrogens with zero attached hydrogens (tertiary/aromatic N) is 2. The number of aromatic nitrogens is 2. The molecule has 5 rings (SSSR count). The molecule has 1 aromatic heterocycles. The summed E-state index contributed by atoms with van der Waals surface area (Å²) in [5, 5.41) is 0. The summed E-state index contributed by atoms with van der Waals surface area (Å²) in [6.45, 7) is 0. The molecule has 2 heteroatoms. The molecule has 0 unspecified atom stereocenters. The van der Waals surface area contributed by atoms with Gasteiger partial charge in [0.05, 0.1) is 11.4 Å². The summed E-state index contributed by atoms with van der Waals surface area (Å²) >= 11 is 0. The molecule has 0 atom stereocenters. The van der Waals surface area contributed by atoms with Gasteiger partial charge < -0.3 is 0 Å². The van der Waals surface area contributed by atoms with Gasteiger partial charge in [0.1, 0.15) is 5.82 Å². The van der Waals surface area contributed by atoms with E-state index in [0.29, 0.717) is 0 Å². The summed E-state index contributed by atoms with van der Waals surface area (Å²) in [7, 11) is 0. The molecule has 1 heterocycles. The van der Waals surface area contributed by atoms with Gasteiger partial charge in [-0.1, -0.05) is 109 Å². The normalized spacial score (nSPS) is 10.8. The first-order valence-electron chi connectivity index (χ1n) is 9.76. The Morgan fingerprint density at radius 2 is 0.897 bits per heavy atom. The standard InChI is InChI=1S/C27H20N2/c1-5-13-21(14-6-1)25-26(22-15-7-2-8-16-22)29(24-19-11-4-12-20-24)27(28-25)23-17-9-3-10-18-23/h1-20H. The van der Waals surface area contributed by atoms with Gasteiger partial charge in [-0.05, 0) is 12.1 Å². The van der Waals surface area contributed by atoms with Crippen LogP contribution in [0.5, 0.6) is 0 Å². The molecule has 2 nitrogen and oxygen atoms in total. The van der Waals surface area contributed by atoms with Crippen LogP contribution >= 0.6 is 0 Å². The highest BCUT2D eigenvalue weighted by atomic mass is 15.1. The molecule has 0 aliphatic carbocycles. The maximum atomic E-state index is 5.17. The average Bonchev–Trinajstić information content (AvgIpc) is 3.22. The first kappa shape index (κ1) is 17.2. The van der Waals surface area contributed by atoms with Crippen molar-refractivity contribution in [2.24, 2.45) is 0 Å². The number of rotatable bonds is 4. The number of imidazole rings is 1. The second kappa shape index (κ2) is 7.61. The smallest absolute Gasteiger partial charge is 0.145 e. The van der Waals surface area contributed by atoms with Gasteiger partial charge in [-0.15, -0.1) is 0 Å². The summed E-state index contributed by atoms with van der Waals surface area (Å²) in [4.78, 5) is 5.17. The Kier molecular flexibility index (Phi) is 4.51. The van der Waals surface area contributed by atoms with Crippen molar-refractivity contribution in [2.75, 3.05) is 0 Å². The lowest BCUT2D eigenvalue weighted by Gasteiger charge is -2.13. The topological polar surface area (TPSA) is 17.8 Å². The molecule has 29 heavy (non-hydrogen) atoms. The highest BCUT2D eigenvalue weighted by molar-refractivity contribution is 5.84. The molecule has 0 fully saturated rings. The predicted molar refractivity (Wildman–Crippen MR) is 120 cm³/mol. The van der Waals surface area contributed by atoms with Crippen LogP contribution in [0.3, 0.4) is 0 Å². The van der Waals surface area contributed by atoms with E-state index >= 15 is 0 Å². The fourth-order valence-corrected chi connectivity index (χ4v) is 3.69. The SMILES string of the molecule is c1ccc(-c2nc(-c3ccccc3)n(-c3ccccc3)c2-c2ccccc2)cc1. The third-order valence-electron chi connectivity index (χ3n) is 5.02. The van der Waals surface area contributed by atoms with Crippen molar-refractivity contribution < 1.29 is 0 Å². The van der Waals surface area contributed by atoms with Crippen LogP contribution in [0.25, 0.3) is 39.6 Å². The van der Waals surface area contributed by atoms with Gasteiger partial charge in [0.2, 0.25) is 0 Å². The lowest BCUT2D eigenvalue weighted by Crippen LogP contribution is -2.00. The molecule has 4 aromatic carbocycles. The summed E-state index contributed by atoms with van der Waals surface area (Å²) in [6.07, 6.45) is 0. The predicted octanol–water partition coefficient (Wildman–Crippen LogP) is 6.87. The summed E-state index contributed by atoms with van der Waals surface area (Å²) in [6, 6.07) is 41.8. The van der Waals surface area contributed by atoms with Gasteiger partial charge in [-0.3, -0.25) is 4.57 Å². The zero-order valence-electron chi connectivity index (χ0n) is 15.9. The van der Waals surface area contributed by atoms with Crippen LogP contribution in [0.1, 0.15) is 0 Å². The first-order chi connectivity index (χ1) is 14.4. The maximum Gasteiger partial charge on any atom is 0.145 e. The molecule has 0 aliphatic heterocycles. The Morgan fingerprint density at radius 1 is 0.448 bits per heavy atom. The Bertz CT molecular complexity index is 1110. The molecule has 0 radical (unpaired) electrons. The maximum absolute atomic E-state index is 5.17. The largest absolute Gasteiger partial charge is 0.292 e. The summed E-state index contributed by atoms with van der Waals surface area (Å²) in [5.41, 5.74) is 6.53. The minimum absolute atomic E-state index is 0.939. The number of benzene rings is 4. The first-order valence-corrected chi connectivity index (χ1v) is 9.76. The van der Waals surface area contributed by atoms with Crippen molar-refractivity contribution in [3.63, 3.8) is 0 Å². The molecule has 138 valence electrons. The van der Waals surface area contributed by atoms with Crippen LogP contribution in [-0.2, 0) is 0 Å². The Hall–Kier alpha value is -3.91. The van der Waals surface area contributed by atoms with Crippen LogP contribution in [0.15, 0.2) is 121 Å². The van der Waals surface area contributed by atoms with Crippen LogP contribution in [0, 0.1) is 0 Å². The fraction of sp³-hybridized carbons (Fsp3) is 0. The van der Waals surface area contributed by atoms with E-state index < -0.39 is 0 Å². The van der Waals surface area contributed by atoms with Gasteiger partial charge in [0, 0.05) is 22.4 Å². The molecule has 0 spiro atoms. The van der Waals surface area contributed by atoms with Gasteiger partial charge in [-0.2, -0.15) is 0 Å². The van der Waals surface area contributed by atoms with Crippen molar-refractivity contribution >= 4 is 0 Å². The molecule has 5 aromatic rings. The Labute approximate surface area is 170 Å². The summed E-state index contributed by atoms with van der Waals surface area (Å²) < 4.78 is 2.27. The zero-order chi connectivity index (χ0) is 19.5. The lowest BCUT2D eigenvalue weighted by atomic mass is 10.0. The minimum atomic E-state index is 0.939. The van der Waals surface area contributed by atoms with E-state index in [0.717, 1.165) is 39.6 Å². The fourth-order valence-electron chi connectivity index (χ4n) is 3.69. The molecule has 0 N–H and O–H groups in total. The molecule has 0 saturated heterocycles. The summed E-state index contributed by atoms with van der Waals surface area (Å²) in [5.74, 6) is 0.939. The minimum Gasteiger partial charge on any atom is -0.292 e. The molecular weight excluding hydrogens is 352 g/mol. The third kappa shape index (κ3) is 3.26. The monoisotopic (exact) mass is 372 g/mol. The van der Waals surface area contributed by atoms with Crippen molar-refractivity contribution in [1.29, 1.82) is 0 Å². The number of hydrogen-bond donors (Lipinski definition) is 0. The average molecular weight is 372 g/mol. The van der Waals surface area contributed by atoms with Crippen LogP contribution in [-0.4, -0.2) is 9.55 Å². The molecule has 0 bridgehead atoms.